The number of piperidine rings is 1. The highest BCUT2D eigenvalue weighted by molar-refractivity contribution is 7.09. The second-order valence-electron chi connectivity index (χ2n) is 5.61. The molecule has 134 valence electrons. The van der Waals surface area contributed by atoms with E-state index in [1.54, 1.807) is 0 Å². The van der Waals surface area contributed by atoms with Crippen molar-refractivity contribution in [3.8, 4) is 0 Å². The minimum absolute atomic E-state index is 0. The summed E-state index contributed by atoms with van der Waals surface area (Å²) in [4.78, 5) is 19.0. The van der Waals surface area contributed by atoms with E-state index in [2.05, 4.69) is 22.1 Å². The SMILES string of the molecule is CCCCN1CCC(NC(=O)c2csc(CCN)n2)CC1.Cl.Cl. The molecule has 1 fully saturated rings. The summed E-state index contributed by atoms with van der Waals surface area (Å²) >= 11 is 1.51. The standard InChI is InChI=1S/C15H26N4OS.2ClH/c1-2-3-8-19-9-5-12(6-10-19)17-15(20)13-11-21-14(18-13)4-7-16;;/h11-12H,2-10,16H2,1H3,(H,17,20);2*1H. The van der Waals surface area contributed by atoms with Gasteiger partial charge in [0.2, 0.25) is 0 Å². The zero-order valence-corrected chi connectivity index (χ0v) is 16.1. The average molecular weight is 383 g/mol. The van der Waals surface area contributed by atoms with Crippen molar-refractivity contribution < 1.29 is 4.79 Å². The number of unbranched alkanes of at least 4 members (excludes halogenated alkanes) is 1. The highest BCUT2D eigenvalue weighted by Crippen LogP contribution is 2.14. The third kappa shape index (κ3) is 7.35. The van der Waals surface area contributed by atoms with Gasteiger partial charge < -0.3 is 16.0 Å². The Morgan fingerprint density at radius 3 is 2.74 bits per heavy atom. The Morgan fingerprint density at radius 1 is 1.43 bits per heavy atom. The van der Waals surface area contributed by atoms with Crippen LogP contribution in [-0.4, -0.2) is 48.0 Å². The molecule has 0 radical (unpaired) electrons. The summed E-state index contributed by atoms with van der Waals surface area (Å²) in [5.74, 6) is -0.0403. The number of hydrogen-bond acceptors (Lipinski definition) is 5. The van der Waals surface area contributed by atoms with E-state index in [1.807, 2.05) is 5.38 Å². The van der Waals surface area contributed by atoms with Crippen LogP contribution in [0.25, 0.3) is 0 Å². The summed E-state index contributed by atoms with van der Waals surface area (Å²) in [5, 5.41) is 5.89. The van der Waals surface area contributed by atoms with Crippen molar-refractivity contribution >= 4 is 42.1 Å². The summed E-state index contributed by atoms with van der Waals surface area (Å²) < 4.78 is 0. The molecule has 8 heteroatoms. The van der Waals surface area contributed by atoms with E-state index >= 15 is 0 Å². The normalized spacial score (nSPS) is 15.6. The molecule has 0 aliphatic carbocycles. The largest absolute Gasteiger partial charge is 0.348 e. The van der Waals surface area contributed by atoms with E-state index < -0.39 is 0 Å². The molecule has 1 aliphatic heterocycles. The number of nitrogens with zero attached hydrogens (tertiary/aromatic N) is 2. The Labute approximate surface area is 155 Å². The number of nitrogens with one attached hydrogen (secondary N) is 1. The molecule has 1 aromatic rings. The number of nitrogens with two attached hydrogens (primary N) is 1. The Morgan fingerprint density at radius 2 is 2.13 bits per heavy atom. The highest BCUT2D eigenvalue weighted by atomic mass is 35.5. The van der Waals surface area contributed by atoms with Crippen LogP contribution in [-0.2, 0) is 6.42 Å². The first-order valence-corrected chi connectivity index (χ1v) is 8.78. The van der Waals surface area contributed by atoms with E-state index in [-0.39, 0.29) is 36.8 Å². The molecule has 0 atom stereocenters. The van der Waals surface area contributed by atoms with Crippen molar-refractivity contribution in [3.05, 3.63) is 16.1 Å². The molecule has 2 heterocycles. The molecule has 2 rings (SSSR count). The van der Waals surface area contributed by atoms with Gasteiger partial charge in [0.1, 0.15) is 5.69 Å². The molecule has 5 nitrogen and oxygen atoms in total. The molecular weight excluding hydrogens is 355 g/mol. The van der Waals surface area contributed by atoms with E-state index in [1.165, 1.54) is 30.7 Å². The fourth-order valence-electron chi connectivity index (χ4n) is 2.60. The third-order valence-corrected chi connectivity index (χ3v) is 4.80. The third-order valence-electron chi connectivity index (χ3n) is 3.89. The van der Waals surface area contributed by atoms with Crippen LogP contribution in [0.2, 0.25) is 0 Å². The van der Waals surface area contributed by atoms with E-state index in [0.717, 1.165) is 37.4 Å². The molecule has 0 saturated carbocycles. The molecule has 1 aliphatic rings. The van der Waals surface area contributed by atoms with Gasteiger partial charge in [-0.3, -0.25) is 4.79 Å². The van der Waals surface area contributed by atoms with E-state index in [4.69, 9.17) is 5.73 Å². The van der Waals surface area contributed by atoms with Gasteiger partial charge in [-0.05, 0) is 32.4 Å². The van der Waals surface area contributed by atoms with Crippen molar-refractivity contribution in [3.63, 3.8) is 0 Å². The minimum atomic E-state index is -0.0403. The maximum Gasteiger partial charge on any atom is 0.270 e. The number of hydrogen-bond donors (Lipinski definition) is 2. The molecular formula is C15H28Cl2N4OS. The summed E-state index contributed by atoms with van der Waals surface area (Å²) in [6.45, 7) is 6.15. The first kappa shape index (κ1) is 22.6. The van der Waals surface area contributed by atoms with Crippen LogP contribution >= 0.6 is 36.2 Å². The van der Waals surface area contributed by atoms with Crippen molar-refractivity contribution in [1.29, 1.82) is 0 Å². The minimum Gasteiger partial charge on any atom is -0.348 e. The number of rotatable bonds is 7. The summed E-state index contributed by atoms with van der Waals surface area (Å²) in [6, 6.07) is 0.287. The first-order valence-electron chi connectivity index (χ1n) is 7.90. The van der Waals surface area contributed by atoms with Crippen LogP contribution in [0.5, 0.6) is 0 Å². The monoisotopic (exact) mass is 382 g/mol. The van der Waals surface area contributed by atoms with Crippen LogP contribution in [0.4, 0.5) is 0 Å². The maximum absolute atomic E-state index is 12.2. The van der Waals surface area contributed by atoms with Gasteiger partial charge in [-0.1, -0.05) is 13.3 Å². The summed E-state index contributed by atoms with van der Waals surface area (Å²) in [5.41, 5.74) is 6.04. The lowest BCUT2D eigenvalue weighted by Crippen LogP contribution is -2.44. The molecule has 1 amide bonds. The molecule has 1 aromatic heterocycles. The topological polar surface area (TPSA) is 71.2 Å². The van der Waals surface area contributed by atoms with E-state index in [0.29, 0.717) is 12.2 Å². The van der Waals surface area contributed by atoms with Crippen molar-refractivity contribution in [2.24, 2.45) is 5.73 Å². The highest BCUT2D eigenvalue weighted by Gasteiger charge is 2.21. The number of thiazole rings is 1. The molecule has 0 bridgehead atoms. The molecule has 0 spiro atoms. The van der Waals surface area contributed by atoms with Gasteiger partial charge in [-0.2, -0.15) is 0 Å². The number of amides is 1. The zero-order valence-electron chi connectivity index (χ0n) is 13.6. The summed E-state index contributed by atoms with van der Waals surface area (Å²) in [7, 11) is 0. The van der Waals surface area contributed by atoms with Crippen LogP contribution < -0.4 is 11.1 Å². The number of likely N-dealkylation sites (tertiary alicyclic amines) is 1. The Balaban J connectivity index is 0.00000242. The van der Waals surface area contributed by atoms with Crippen molar-refractivity contribution in [2.75, 3.05) is 26.2 Å². The van der Waals surface area contributed by atoms with Gasteiger partial charge >= 0.3 is 0 Å². The average Bonchev–Trinajstić information content (AvgIpc) is 2.96. The van der Waals surface area contributed by atoms with Crippen LogP contribution in [0.1, 0.15) is 48.1 Å². The van der Waals surface area contributed by atoms with Gasteiger partial charge in [-0.15, -0.1) is 36.2 Å². The second-order valence-corrected chi connectivity index (χ2v) is 6.55. The Bertz CT molecular complexity index is 450. The predicted molar refractivity (Wildman–Crippen MR) is 101 cm³/mol. The van der Waals surface area contributed by atoms with Gasteiger partial charge in [0, 0.05) is 30.9 Å². The van der Waals surface area contributed by atoms with Crippen LogP contribution in [0, 0.1) is 0 Å². The number of halogens is 2. The van der Waals surface area contributed by atoms with Gasteiger partial charge in [0.15, 0.2) is 0 Å². The lowest BCUT2D eigenvalue weighted by atomic mass is 10.0. The lowest BCUT2D eigenvalue weighted by molar-refractivity contribution is 0.0906. The van der Waals surface area contributed by atoms with Gasteiger partial charge in [0.25, 0.3) is 5.91 Å². The smallest absolute Gasteiger partial charge is 0.270 e. The predicted octanol–water partition coefficient (Wildman–Crippen LogP) is 2.48. The second kappa shape index (κ2) is 12.0. The quantitative estimate of drug-likeness (QED) is 0.759. The molecule has 23 heavy (non-hydrogen) atoms. The van der Waals surface area contributed by atoms with Crippen LogP contribution in [0.15, 0.2) is 5.38 Å². The number of carbonyl (C=O) groups is 1. The molecule has 1 saturated heterocycles. The van der Waals surface area contributed by atoms with Gasteiger partial charge in [0.05, 0.1) is 5.01 Å². The van der Waals surface area contributed by atoms with Crippen molar-refractivity contribution in [1.82, 2.24) is 15.2 Å². The van der Waals surface area contributed by atoms with Crippen molar-refractivity contribution in [2.45, 2.75) is 45.1 Å². The first-order chi connectivity index (χ1) is 10.2. The number of aromatic nitrogens is 1. The lowest BCUT2D eigenvalue weighted by Gasteiger charge is -2.32. The number of carbonyl (C=O) groups excluding carboxylic acids is 1. The fraction of sp³-hybridized carbons (Fsp3) is 0.733. The summed E-state index contributed by atoms with van der Waals surface area (Å²) in [6.07, 6.45) is 5.32. The Kier molecular flexibility index (Phi) is 11.8. The Hall–Kier alpha value is -0.400. The fourth-order valence-corrected chi connectivity index (χ4v) is 3.39. The molecule has 0 aromatic carbocycles. The van der Waals surface area contributed by atoms with Gasteiger partial charge in [-0.25, -0.2) is 4.98 Å². The van der Waals surface area contributed by atoms with E-state index in [9.17, 15) is 4.79 Å². The zero-order chi connectivity index (χ0) is 15.1. The molecule has 0 unspecified atom stereocenters. The van der Waals surface area contributed by atoms with Crippen LogP contribution in [0.3, 0.4) is 0 Å². The molecule has 3 N–H and O–H groups in total. The maximum atomic E-state index is 12.2.